The van der Waals surface area contributed by atoms with Gasteiger partial charge in [-0.2, -0.15) is 0 Å². The number of rotatable bonds is 7. The Hall–Kier alpha value is -3.26. The smallest absolute Gasteiger partial charge is 0.325 e. The number of esters is 1. The minimum Gasteiger partial charge on any atom is -0.468 e. The van der Waals surface area contributed by atoms with Gasteiger partial charge < -0.3 is 15.4 Å². The van der Waals surface area contributed by atoms with Crippen LogP contribution in [0.3, 0.4) is 0 Å². The molecule has 1 atom stereocenters. The number of carbonyl (C=O) groups is 3. The normalized spacial score (nSPS) is 12.8. The van der Waals surface area contributed by atoms with Crippen molar-refractivity contribution in [2.24, 2.45) is 0 Å². The predicted molar refractivity (Wildman–Crippen MR) is 107 cm³/mol. The van der Waals surface area contributed by atoms with E-state index < -0.39 is 17.4 Å². The molecule has 0 aliphatic heterocycles. The summed E-state index contributed by atoms with van der Waals surface area (Å²) < 4.78 is 17.8. The lowest BCUT2D eigenvalue weighted by molar-refractivity contribution is -0.139. The summed E-state index contributed by atoms with van der Waals surface area (Å²) in [5.41, 5.74) is 0.237. The highest BCUT2D eigenvalue weighted by Gasteiger charge is 2.37. The number of methoxy groups -OCH3 is 1. The number of nitrogens with zero attached hydrogens (tertiary/aromatic N) is 1. The number of hydrogen-bond acceptors (Lipinski definition) is 5. The molecule has 0 saturated carbocycles. The summed E-state index contributed by atoms with van der Waals surface area (Å²) in [5.74, 6) is -1.77. The fourth-order valence-corrected chi connectivity index (χ4v) is 2.68. The molecule has 0 unspecified atom stereocenters. The van der Waals surface area contributed by atoms with Crippen molar-refractivity contribution < 1.29 is 23.5 Å². The van der Waals surface area contributed by atoms with Crippen molar-refractivity contribution in [3.8, 4) is 0 Å². The number of carbonyl (C=O) groups excluding carboxylic acids is 3. The summed E-state index contributed by atoms with van der Waals surface area (Å²) in [5, 5.41) is 5.24. The van der Waals surface area contributed by atoms with Crippen LogP contribution in [0.1, 0.15) is 22.8 Å². The highest BCUT2D eigenvalue weighted by Crippen LogP contribution is 2.28. The predicted octanol–water partition coefficient (Wildman–Crippen LogP) is 2.14. The van der Waals surface area contributed by atoms with Crippen molar-refractivity contribution in [3.63, 3.8) is 0 Å². The van der Waals surface area contributed by atoms with Crippen LogP contribution < -0.4 is 10.6 Å². The van der Waals surface area contributed by atoms with E-state index in [-0.39, 0.29) is 23.8 Å². The molecule has 0 aliphatic rings. The van der Waals surface area contributed by atoms with Crippen molar-refractivity contribution >= 4 is 23.5 Å². The summed E-state index contributed by atoms with van der Waals surface area (Å²) >= 11 is 0. The van der Waals surface area contributed by atoms with Crippen LogP contribution in [0.4, 0.5) is 10.1 Å². The lowest BCUT2D eigenvalue weighted by atomic mass is 9.89. The molecular formula is C21H24FN3O4. The first kappa shape index (κ1) is 22.0. The van der Waals surface area contributed by atoms with E-state index in [4.69, 9.17) is 0 Å². The summed E-state index contributed by atoms with van der Waals surface area (Å²) in [6.45, 7) is 1.47. The molecule has 0 fully saturated rings. The molecule has 8 heteroatoms. The Morgan fingerprint density at radius 1 is 1.10 bits per heavy atom. The van der Waals surface area contributed by atoms with Gasteiger partial charge in [0.15, 0.2) is 0 Å². The van der Waals surface area contributed by atoms with Gasteiger partial charge in [-0.15, -0.1) is 0 Å². The minimum absolute atomic E-state index is 0.255. The highest BCUT2D eigenvalue weighted by molar-refractivity contribution is 6.01. The highest BCUT2D eigenvalue weighted by atomic mass is 19.1. The molecule has 0 heterocycles. The zero-order chi connectivity index (χ0) is 21.6. The second kappa shape index (κ2) is 9.29. The molecule has 0 spiro atoms. The van der Waals surface area contributed by atoms with Crippen LogP contribution in [0, 0.1) is 5.82 Å². The second-order valence-electron chi connectivity index (χ2n) is 6.77. The molecule has 2 amide bonds. The van der Waals surface area contributed by atoms with E-state index in [1.807, 2.05) is 0 Å². The number of likely N-dealkylation sites (N-methyl/N-ethyl adjacent to an activating group) is 1. The van der Waals surface area contributed by atoms with Gasteiger partial charge in [0.2, 0.25) is 5.91 Å². The quantitative estimate of drug-likeness (QED) is 0.694. The van der Waals surface area contributed by atoms with Crippen LogP contribution in [0.2, 0.25) is 0 Å². The van der Waals surface area contributed by atoms with Gasteiger partial charge in [-0.3, -0.25) is 19.3 Å². The van der Waals surface area contributed by atoms with Crippen molar-refractivity contribution in [1.29, 1.82) is 0 Å². The molecule has 29 heavy (non-hydrogen) atoms. The molecule has 2 aromatic rings. The third-order valence-corrected chi connectivity index (χ3v) is 4.75. The number of anilines is 1. The van der Waals surface area contributed by atoms with Crippen LogP contribution in [0.5, 0.6) is 0 Å². The van der Waals surface area contributed by atoms with E-state index in [1.165, 1.54) is 25.3 Å². The number of ether oxygens (including phenoxy) is 1. The van der Waals surface area contributed by atoms with Gasteiger partial charge in [-0.1, -0.05) is 18.2 Å². The molecule has 2 rings (SSSR count). The van der Waals surface area contributed by atoms with Crippen LogP contribution in [0.25, 0.3) is 0 Å². The lowest BCUT2D eigenvalue weighted by Gasteiger charge is -2.35. The third-order valence-electron chi connectivity index (χ3n) is 4.75. The summed E-state index contributed by atoms with van der Waals surface area (Å²) in [7, 11) is 4.73. The number of nitrogens with one attached hydrogen (secondary N) is 2. The Labute approximate surface area is 168 Å². The van der Waals surface area contributed by atoms with Crippen molar-refractivity contribution in [1.82, 2.24) is 10.2 Å². The van der Waals surface area contributed by atoms with Crippen molar-refractivity contribution in [2.45, 2.75) is 12.5 Å². The Morgan fingerprint density at radius 3 is 2.34 bits per heavy atom. The Bertz CT molecular complexity index is 899. The average molecular weight is 401 g/mol. The van der Waals surface area contributed by atoms with Gasteiger partial charge in [0.05, 0.1) is 7.11 Å². The number of hydrogen-bond donors (Lipinski definition) is 2. The molecule has 154 valence electrons. The molecule has 2 aromatic carbocycles. The average Bonchev–Trinajstić information content (AvgIpc) is 2.71. The van der Waals surface area contributed by atoms with Gasteiger partial charge in [-0.05, 0) is 56.9 Å². The standard InChI is InChI=1S/C21H24FN3O4/c1-21(25(2)3,15-8-10-16(22)11-9-15)20(28)24-17-7-5-6-14(12-17)19(27)23-13-18(26)29-4/h5-12H,13H2,1-4H3,(H,23,27)(H,24,28)/t21-/m0/s1. The third kappa shape index (κ3) is 5.17. The Morgan fingerprint density at radius 2 is 1.76 bits per heavy atom. The summed E-state index contributed by atoms with van der Waals surface area (Å²) in [6, 6.07) is 12.1. The zero-order valence-electron chi connectivity index (χ0n) is 16.8. The molecule has 0 aromatic heterocycles. The van der Waals surface area contributed by atoms with Crippen LogP contribution >= 0.6 is 0 Å². The maximum Gasteiger partial charge on any atom is 0.325 e. The maximum absolute atomic E-state index is 13.3. The van der Waals surface area contributed by atoms with Gasteiger partial charge in [-0.25, -0.2) is 4.39 Å². The van der Waals surface area contributed by atoms with E-state index in [2.05, 4.69) is 15.4 Å². The van der Waals surface area contributed by atoms with E-state index in [1.54, 1.807) is 56.3 Å². The zero-order valence-corrected chi connectivity index (χ0v) is 16.8. The molecule has 0 bridgehead atoms. The molecule has 0 saturated heterocycles. The molecular weight excluding hydrogens is 377 g/mol. The number of amides is 2. The van der Waals surface area contributed by atoms with Gasteiger partial charge in [0.1, 0.15) is 17.9 Å². The first-order valence-electron chi connectivity index (χ1n) is 8.88. The van der Waals surface area contributed by atoms with Gasteiger partial charge in [0, 0.05) is 11.3 Å². The fraction of sp³-hybridized carbons (Fsp3) is 0.286. The second-order valence-corrected chi connectivity index (χ2v) is 6.77. The molecule has 2 N–H and O–H groups in total. The molecule has 7 nitrogen and oxygen atoms in total. The Kier molecular flexibility index (Phi) is 7.06. The number of benzene rings is 2. The van der Waals surface area contributed by atoms with Crippen molar-refractivity contribution in [3.05, 3.63) is 65.5 Å². The Balaban J connectivity index is 2.21. The SMILES string of the molecule is COC(=O)CNC(=O)c1cccc(NC(=O)[C@](C)(c2ccc(F)cc2)N(C)C)c1. The topological polar surface area (TPSA) is 87.7 Å². The first-order chi connectivity index (χ1) is 13.7. The van der Waals surface area contributed by atoms with E-state index in [0.29, 0.717) is 11.3 Å². The van der Waals surface area contributed by atoms with E-state index >= 15 is 0 Å². The fourth-order valence-electron chi connectivity index (χ4n) is 2.68. The number of halogens is 1. The lowest BCUT2D eigenvalue weighted by Crippen LogP contribution is -2.48. The van der Waals surface area contributed by atoms with E-state index in [9.17, 15) is 18.8 Å². The first-order valence-corrected chi connectivity index (χ1v) is 8.88. The maximum atomic E-state index is 13.3. The van der Waals surface area contributed by atoms with Gasteiger partial charge in [0.25, 0.3) is 5.91 Å². The van der Waals surface area contributed by atoms with Crippen LogP contribution in [0.15, 0.2) is 48.5 Å². The monoisotopic (exact) mass is 401 g/mol. The van der Waals surface area contributed by atoms with E-state index in [0.717, 1.165) is 0 Å². The molecule has 0 aliphatic carbocycles. The minimum atomic E-state index is -1.07. The summed E-state index contributed by atoms with van der Waals surface area (Å²) in [4.78, 5) is 38.2. The summed E-state index contributed by atoms with van der Waals surface area (Å²) in [6.07, 6.45) is 0. The van der Waals surface area contributed by atoms with Crippen LogP contribution in [-0.4, -0.2) is 50.4 Å². The van der Waals surface area contributed by atoms with Crippen LogP contribution in [-0.2, 0) is 19.9 Å². The largest absolute Gasteiger partial charge is 0.468 e. The van der Waals surface area contributed by atoms with Gasteiger partial charge >= 0.3 is 5.97 Å². The van der Waals surface area contributed by atoms with Crippen molar-refractivity contribution in [2.75, 3.05) is 33.1 Å². The molecule has 0 radical (unpaired) electrons.